The number of carbonyl (C=O) groups excluding carboxylic acids is 3. The molecule has 6 nitrogen and oxygen atoms in total. The average molecular weight is 877 g/mol. The number of ether oxygens (including phenoxy) is 3. The van der Waals surface area contributed by atoms with Crippen LogP contribution in [0.3, 0.4) is 0 Å². The summed E-state index contributed by atoms with van der Waals surface area (Å²) in [5.74, 6) is 0.842. The Morgan fingerprint density at radius 1 is 0.339 bits per heavy atom. The standard InChI is InChI=1S/C56H108O6/c1-6-8-9-10-11-12-13-14-15-16-17-18-19-26-31-36-41-46-54(57)60-49-53(62-56(59)48-43-38-33-28-22-20-24-29-34-39-44-51(3)4)50-61-55(58)47-42-37-32-27-23-21-25-30-35-40-45-52(5)7-2/h51-53H,6-50H2,1-5H3/t52?,53-/m1/s1. The van der Waals surface area contributed by atoms with Crippen molar-refractivity contribution >= 4 is 17.9 Å². The van der Waals surface area contributed by atoms with Crippen LogP contribution in [0.15, 0.2) is 0 Å². The highest BCUT2D eigenvalue weighted by Gasteiger charge is 2.19. The van der Waals surface area contributed by atoms with E-state index in [1.54, 1.807) is 0 Å². The van der Waals surface area contributed by atoms with Gasteiger partial charge in [-0.1, -0.05) is 272 Å². The van der Waals surface area contributed by atoms with Crippen molar-refractivity contribution in [3.63, 3.8) is 0 Å². The number of esters is 3. The van der Waals surface area contributed by atoms with Gasteiger partial charge in [0.1, 0.15) is 13.2 Å². The summed E-state index contributed by atoms with van der Waals surface area (Å²) in [5, 5.41) is 0. The lowest BCUT2D eigenvalue weighted by Crippen LogP contribution is -2.30. The first-order chi connectivity index (χ1) is 30.3. The van der Waals surface area contributed by atoms with Crippen molar-refractivity contribution in [3.05, 3.63) is 0 Å². The molecule has 0 spiro atoms. The zero-order valence-electron chi connectivity index (χ0n) is 42.5. The van der Waals surface area contributed by atoms with Gasteiger partial charge < -0.3 is 14.2 Å². The molecule has 0 amide bonds. The zero-order valence-corrected chi connectivity index (χ0v) is 42.5. The molecule has 62 heavy (non-hydrogen) atoms. The number of hydrogen-bond donors (Lipinski definition) is 0. The van der Waals surface area contributed by atoms with Crippen LogP contribution < -0.4 is 0 Å². The van der Waals surface area contributed by atoms with Crippen LogP contribution in [0, 0.1) is 11.8 Å². The van der Waals surface area contributed by atoms with Crippen LogP contribution in [0.25, 0.3) is 0 Å². The molecular formula is C56H108O6. The Hall–Kier alpha value is -1.59. The molecule has 0 N–H and O–H groups in total. The second-order valence-corrected chi connectivity index (χ2v) is 19.9. The molecule has 0 aromatic carbocycles. The quantitative estimate of drug-likeness (QED) is 0.0344. The Balaban J connectivity index is 4.30. The van der Waals surface area contributed by atoms with Gasteiger partial charge in [-0.05, 0) is 31.1 Å². The van der Waals surface area contributed by atoms with Crippen molar-refractivity contribution in [3.8, 4) is 0 Å². The third-order valence-corrected chi connectivity index (χ3v) is 13.1. The van der Waals surface area contributed by atoms with Crippen LogP contribution in [0.5, 0.6) is 0 Å². The summed E-state index contributed by atoms with van der Waals surface area (Å²) in [4.78, 5) is 38.1. The number of carbonyl (C=O) groups is 3. The normalized spacial score (nSPS) is 12.5. The first-order valence-corrected chi connectivity index (χ1v) is 27.8. The molecule has 1 unspecified atom stereocenters. The smallest absolute Gasteiger partial charge is 0.306 e. The average Bonchev–Trinajstić information content (AvgIpc) is 3.26. The SMILES string of the molecule is CCCCCCCCCCCCCCCCCCCC(=O)OC[C@H](COC(=O)CCCCCCCCCCCCC(C)CC)OC(=O)CCCCCCCCCCCCC(C)C. The van der Waals surface area contributed by atoms with Gasteiger partial charge in [-0.3, -0.25) is 14.4 Å². The molecule has 0 radical (unpaired) electrons. The van der Waals surface area contributed by atoms with E-state index in [0.29, 0.717) is 19.3 Å². The highest BCUT2D eigenvalue weighted by Crippen LogP contribution is 2.18. The van der Waals surface area contributed by atoms with Crippen LogP contribution in [-0.4, -0.2) is 37.2 Å². The Morgan fingerprint density at radius 3 is 0.919 bits per heavy atom. The number of rotatable bonds is 50. The van der Waals surface area contributed by atoms with Crippen LogP contribution in [0.4, 0.5) is 0 Å². The molecule has 0 fully saturated rings. The molecule has 6 heteroatoms. The van der Waals surface area contributed by atoms with Gasteiger partial charge in [-0.2, -0.15) is 0 Å². The summed E-state index contributed by atoms with van der Waals surface area (Å²) in [5.41, 5.74) is 0. The molecular weight excluding hydrogens is 769 g/mol. The molecule has 0 aliphatic rings. The molecule has 0 aromatic rings. The van der Waals surface area contributed by atoms with E-state index in [9.17, 15) is 14.4 Å². The summed E-state index contributed by atoms with van der Waals surface area (Å²) < 4.78 is 16.9. The third kappa shape index (κ3) is 47.9. The Bertz CT molecular complexity index is 949. The van der Waals surface area contributed by atoms with Crippen LogP contribution in [-0.2, 0) is 28.6 Å². The largest absolute Gasteiger partial charge is 0.462 e. The van der Waals surface area contributed by atoms with Crippen molar-refractivity contribution in [2.75, 3.05) is 13.2 Å². The predicted octanol–water partition coefficient (Wildman–Crippen LogP) is 18.1. The van der Waals surface area contributed by atoms with Crippen molar-refractivity contribution in [2.45, 2.75) is 317 Å². The van der Waals surface area contributed by atoms with Crippen LogP contribution in [0.2, 0.25) is 0 Å². The van der Waals surface area contributed by atoms with Gasteiger partial charge in [0.25, 0.3) is 0 Å². The summed E-state index contributed by atoms with van der Waals surface area (Å²) >= 11 is 0. The van der Waals surface area contributed by atoms with E-state index in [2.05, 4.69) is 34.6 Å². The van der Waals surface area contributed by atoms with Crippen LogP contribution >= 0.6 is 0 Å². The van der Waals surface area contributed by atoms with Crippen LogP contribution in [0.1, 0.15) is 311 Å². The molecule has 0 aliphatic carbocycles. The minimum Gasteiger partial charge on any atom is -0.462 e. The predicted molar refractivity (Wildman–Crippen MR) is 266 cm³/mol. The second kappa shape index (κ2) is 48.9. The van der Waals surface area contributed by atoms with Crippen molar-refractivity contribution in [1.82, 2.24) is 0 Å². The second-order valence-electron chi connectivity index (χ2n) is 19.9. The van der Waals surface area contributed by atoms with E-state index in [4.69, 9.17) is 14.2 Å². The fourth-order valence-corrected chi connectivity index (χ4v) is 8.49. The Morgan fingerprint density at radius 2 is 0.613 bits per heavy atom. The molecule has 0 heterocycles. The highest BCUT2D eigenvalue weighted by atomic mass is 16.6. The summed E-state index contributed by atoms with van der Waals surface area (Å²) in [6.45, 7) is 11.4. The number of unbranched alkanes of at least 4 members (excludes halogenated alkanes) is 34. The van der Waals surface area contributed by atoms with E-state index >= 15 is 0 Å². The molecule has 0 saturated heterocycles. The topological polar surface area (TPSA) is 78.9 Å². The maximum absolute atomic E-state index is 12.8. The molecule has 0 rings (SSSR count). The first-order valence-electron chi connectivity index (χ1n) is 27.8. The van der Waals surface area contributed by atoms with Gasteiger partial charge in [0.2, 0.25) is 0 Å². The highest BCUT2D eigenvalue weighted by molar-refractivity contribution is 5.71. The maximum Gasteiger partial charge on any atom is 0.306 e. The van der Waals surface area contributed by atoms with E-state index in [-0.39, 0.29) is 31.1 Å². The van der Waals surface area contributed by atoms with E-state index in [1.165, 1.54) is 199 Å². The Kier molecular flexibility index (Phi) is 47.6. The lowest BCUT2D eigenvalue weighted by atomic mass is 9.99. The summed E-state index contributed by atoms with van der Waals surface area (Å²) in [6, 6.07) is 0. The van der Waals surface area contributed by atoms with Crippen molar-refractivity contribution in [2.24, 2.45) is 11.8 Å². The lowest BCUT2D eigenvalue weighted by molar-refractivity contribution is -0.167. The van der Waals surface area contributed by atoms with Crippen molar-refractivity contribution in [1.29, 1.82) is 0 Å². The molecule has 0 bridgehead atoms. The van der Waals surface area contributed by atoms with Gasteiger partial charge >= 0.3 is 17.9 Å². The number of hydrogen-bond acceptors (Lipinski definition) is 6. The molecule has 0 saturated carbocycles. The van der Waals surface area contributed by atoms with Gasteiger partial charge in [0.15, 0.2) is 6.10 Å². The minimum absolute atomic E-state index is 0.0633. The molecule has 0 aliphatic heterocycles. The Labute approximate surface area is 387 Å². The monoisotopic (exact) mass is 877 g/mol. The van der Waals surface area contributed by atoms with Gasteiger partial charge in [0, 0.05) is 19.3 Å². The van der Waals surface area contributed by atoms with E-state index < -0.39 is 6.10 Å². The van der Waals surface area contributed by atoms with Crippen molar-refractivity contribution < 1.29 is 28.6 Å². The van der Waals surface area contributed by atoms with E-state index in [1.807, 2.05) is 0 Å². The fraction of sp³-hybridized carbons (Fsp3) is 0.946. The summed E-state index contributed by atoms with van der Waals surface area (Å²) in [6.07, 6.45) is 50.8. The zero-order chi connectivity index (χ0) is 45.4. The van der Waals surface area contributed by atoms with Gasteiger partial charge in [0.05, 0.1) is 0 Å². The summed E-state index contributed by atoms with van der Waals surface area (Å²) in [7, 11) is 0. The first kappa shape index (κ1) is 60.4. The molecule has 0 aromatic heterocycles. The van der Waals surface area contributed by atoms with E-state index in [0.717, 1.165) is 69.6 Å². The van der Waals surface area contributed by atoms with Gasteiger partial charge in [-0.15, -0.1) is 0 Å². The molecule has 2 atom stereocenters. The fourth-order valence-electron chi connectivity index (χ4n) is 8.49. The lowest BCUT2D eigenvalue weighted by Gasteiger charge is -2.18. The third-order valence-electron chi connectivity index (χ3n) is 13.1. The minimum atomic E-state index is -0.762. The van der Waals surface area contributed by atoms with Gasteiger partial charge in [-0.25, -0.2) is 0 Å². The molecule has 368 valence electrons. The maximum atomic E-state index is 12.8.